The van der Waals surface area contributed by atoms with Crippen LogP contribution < -0.4 is 5.32 Å². The van der Waals surface area contributed by atoms with Crippen molar-refractivity contribution in [3.63, 3.8) is 0 Å². The number of aromatic amines is 1. The number of aromatic nitrogens is 5. The maximum absolute atomic E-state index is 3.96. The molecule has 102 valence electrons. The highest BCUT2D eigenvalue weighted by atomic mass is 15.4. The van der Waals surface area contributed by atoms with Crippen molar-refractivity contribution < 1.29 is 0 Å². The smallest absolute Gasteiger partial charge is 0.0738 e. The van der Waals surface area contributed by atoms with Crippen LogP contribution in [0.4, 0.5) is 0 Å². The van der Waals surface area contributed by atoms with Crippen LogP contribution in [-0.4, -0.2) is 25.2 Å². The molecule has 0 saturated carbocycles. The lowest BCUT2D eigenvalue weighted by molar-refractivity contribution is 0.617. The van der Waals surface area contributed by atoms with Gasteiger partial charge in [-0.15, -0.1) is 5.10 Å². The second-order valence-corrected chi connectivity index (χ2v) is 4.62. The lowest BCUT2D eigenvalue weighted by Gasteiger charge is -2.05. The van der Waals surface area contributed by atoms with Crippen LogP contribution in [-0.2, 0) is 20.1 Å². The molecule has 2 N–H and O–H groups in total. The van der Waals surface area contributed by atoms with Crippen molar-refractivity contribution in [1.29, 1.82) is 0 Å². The number of hydrogen-bond acceptors (Lipinski definition) is 4. The van der Waals surface area contributed by atoms with Gasteiger partial charge in [-0.3, -0.25) is 9.78 Å². The number of benzene rings is 1. The monoisotopic (exact) mass is 268 g/mol. The summed E-state index contributed by atoms with van der Waals surface area (Å²) in [6.45, 7) is 1.57. The van der Waals surface area contributed by atoms with Gasteiger partial charge in [-0.1, -0.05) is 29.5 Å². The predicted molar refractivity (Wildman–Crippen MR) is 75.6 cm³/mol. The van der Waals surface area contributed by atoms with E-state index in [1.54, 1.807) is 17.1 Å². The zero-order chi connectivity index (χ0) is 13.8. The van der Waals surface area contributed by atoms with Crippen molar-refractivity contribution >= 4 is 0 Å². The molecule has 6 nitrogen and oxygen atoms in total. The van der Waals surface area contributed by atoms with Crippen LogP contribution >= 0.6 is 0 Å². The van der Waals surface area contributed by atoms with E-state index >= 15 is 0 Å². The molecule has 0 aliphatic rings. The van der Waals surface area contributed by atoms with Gasteiger partial charge >= 0.3 is 0 Å². The summed E-state index contributed by atoms with van der Waals surface area (Å²) in [5.41, 5.74) is 4.48. The summed E-state index contributed by atoms with van der Waals surface area (Å²) in [7, 11) is 1.89. The quantitative estimate of drug-likeness (QED) is 0.735. The fraction of sp³-hybridized carbons (Fsp3) is 0.214. The minimum absolute atomic E-state index is 0.756. The van der Waals surface area contributed by atoms with Crippen LogP contribution in [0.25, 0.3) is 11.3 Å². The Labute approximate surface area is 116 Å². The molecule has 0 aliphatic heterocycles. The Kier molecular flexibility index (Phi) is 3.56. The molecule has 0 amide bonds. The van der Waals surface area contributed by atoms with Crippen molar-refractivity contribution in [1.82, 2.24) is 30.5 Å². The maximum Gasteiger partial charge on any atom is 0.0738 e. The van der Waals surface area contributed by atoms with Gasteiger partial charge in [-0.05, 0) is 17.2 Å². The molecule has 0 saturated heterocycles. The maximum atomic E-state index is 3.96. The Morgan fingerprint density at radius 2 is 2.00 bits per heavy atom. The minimum atomic E-state index is 0.756. The van der Waals surface area contributed by atoms with Crippen molar-refractivity contribution in [3.05, 3.63) is 54.0 Å². The fourth-order valence-electron chi connectivity index (χ4n) is 2.02. The third kappa shape index (κ3) is 2.75. The van der Waals surface area contributed by atoms with E-state index in [9.17, 15) is 0 Å². The van der Waals surface area contributed by atoms with Crippen LogP contribution in [0.2, 0.25) is 0 Å². The Morgan fingerprint density at radius 1 is 1.15 bits per heavy atom. The summed E-state index contributed by atoms with van der Waals surface area (Å²) in [6, 6.07) is 10.4. The molecule has 2 heterocycles. The van der Waals surface area contributed by atoms with Crippen molar-refractivity contribution in [3.8, 4) is 11.3 Å². The van der Waals surface area contributed by atoms with Crippen LogP contribution in [0.1, 0.15) is 11.3 Å². The number of aryl methyl sites for hydroxylation is 1. The molecule has 2 aromatic heterocycles. The molecule has 0 radical (unpaired) electrons. The Morgan fingerprint density at radius 3 is 2.65 bits per heavy atom. The number of H-pyrrole nitrogens is 1. The summed E-state index contributed by atoms with van der Waals surface area (Å²) in [6.07, 6.45) is 3.53. The molecule has 3 rings (SSSR count). The van der Waals surface area contributed by atoms with Crippen molar-refractivity contribution in [2.75, 3.05) is 0 Å². The Balaban J connectivity index is 1.57. The summed E-state index contributed by atoms with van der Waals surface area (Å²) in [5, 5.41) is 18.0. The highest BCUT2D eigenvalue weighted by molar-refractivity contribution is 5.58. The van der Waals surface area contributed by atoms with Crippen molar-refractivity contribution in [2.45, 2.75) is 13.1 Å². The first-order chi connectivity index (χ1) is 9.83. The van der Waals surface area contributed by atoms with Gasteiger partial charge < -0.3 is 5.32 Å². The first kappa shape index (κ1) is 12.6. The van der Waals surface area contributed by atoms with E-state index in [4.69, 9.17) is 0 Å². The van der Waals surface area contributed by atoms with E-state index < -0.39 is 0 Å². The van der Waals surface area contributed by atoms with Gasteiger partial charge in [0.05, 0.1) is 17.6 Å². The number of hydrogen-bond donors (Lipinski definition) is 2. The third-order valence-corrected chi connectivity index (χ3v) is 3.21. The average Bonchev–Trinajstić information content (AvgIpc) is 3.12. The Bertz CT molecular complexity index is 653. The highest BCUT2D eigenvalue weighted by Crippen LogP contribution is 2.16. The molecule has 0 bridgehead atoms. The number of nitrogens with zero attached hydrogens (tertiary/aromatic N) is 4. The highest BCUT2D eigenvalue weighted by Gasteiger charge is 2.01. The number of rotatable bonds is 5. The second kappa shape index (κ2) is 5.66. The normalized spacial score (nSPS) is 10.8. The zero-order valence-electron chi connectivity index (χ0n) is 11.2. The number of nitrogens with one attached hydrogen (secondary N) is 2. The summed E-state index contributed by atoms with van der Waals surface area (Å²) >= 11 is 0. The van der Waals surface area contributed by atoms with Crippen LogP contribution in [0.3, 0.4) is 0 Å². The molecule has 3 aromatic rings. The SMILES string of the molecule is Cn1nncc1CNCc1ccc(-c2ccn[nH]2)cc1. The molecule has 0 aliphatic carbocycles. The summed E-state index contributed by atoms with van der Waals surface area (Å²) in [5.74, 6) is 0. The van der Waals surface area contributed by atoms with E-state index in [0.29, 0.717) is 0 Å². The molecule has 0 atom stereocenters. The largest absolute Gasteiger partial charge is 0.307 e. The molecular weight excluding hydrogens is 252 g/mol. The molecule has 0 spiro atoms. The van der Waals surface area contributed by atoms with Gasteiger partial charge in [0.2, 0.25) is 0 Å². The predicted octanol–water partition coefficient (Wildman–Crippen LogP) is 1.49. The van der Waals surface area contributed by atoms with Gasteiger partial charge in [0, 0.05) is 26.3 Å². The standard InChI is InChI=1S/C14H16N6/c1-20-13(10-17-19-20)9-15-8-11-2-4-12(5-3-11)14-6-7-16-18-14/h2-7,10,15H,8-9H2,1H3,(H,16,18). The van der Waals surface area contributed by atoms with E-state index in [2.05, 4.69) is 50.1 Å². The molecule has 0 unspecified atom stereocenters. The van der Waals surface area contributed by atoms with Crippen LogP contribution in [0, 0.1) is 0 Å². The average molecular weight is 268 g/mol. The summed E-state index contributed by atoms with van der Waals surface area (Å²) < 4.78 is 1.77. The molecule has 0 fully saturated rings. The lowest BCUT2D eigenvalue weighted by atomic mass is 10.1. The van der Waals surface area contributed by atoms with E-state index in [1.165, 1.54) is 5.56 Å². The summed E-state index contributed by atoms with van der Waals surface area (Å²) in [4.78, 5) is 0. The third-order valence-electron chi connectivity index (χ3n) is 3.21. The van der Waals surface area contributed by atoms with E-state index in [1.807, 2.05) is 13.1 Å². The molecule has 1 aromatic carbocycles. The Hall–Kier alpha value is -2.47. The van der Waals surface area contributed by atoms with Gasteiger partial charge in [0.25, 0.3) is 0 Å². The minimum Gasteiger partial charge on any atom is -0.307 e. The fourth-order valence-corrected chi connectivity index (χ4v) is 2.02. The topological polar surface area (TPSA) is 71.4 Å². The van der Waals surface area contributed by atoms with Crippen LogP contribution in [0.15, 0.2) is 42.7 Å². The molecule has 20 heavy (non-hydrogen) atoms. The van der Waals surface area contributed by atoms with Crippen molar-refractivity contribution in [2.24, 2.45) is 7.05 Å². The van der Waals surface area contributed by atoms with E-state index in [-0.39, 0.29) is 0 Å². The van der Waals surface area contributed by atoms with E-state index in [0.717, 1.165) is 30.0 Å². The van der Waals surface area contributed by atoms with Gasteiger partial charge in [-0.2, -0.15) is 5.10 Å². The van der Waals surface area contributed by atoms with Gasteiger partial charge in [0.1, 0.15) is 0 Å². The van der Waals surface area contributed by atoms with Gasteiger partial charge in [-0.25, -0.2) is 0 Å². The molecular formula is C14H16N6. The molecule has 6 heteroatoms. The first-order valence-corrected chi connectivity index (χ1v) is 6.46. The second-order valence-electron chi connectivity index (χ2n) is 4.62. The first-order valence-electron chi connectivity index (χ1n) is 6.46. The van der Waals surface area contributed by atoms with Gasteiger partial charge in [0.15, 0.2) is 0 Å². The zero-order valence-corrected chi connectivity index (χ0v) is 11.2. The lowest BCUT2D eigenvalue weighted by Crippen LogP contribution is -2.15. The van der Waals surface area contributed by atoms with Crippen LogP contribution in [0.5, 0.6) is 0 Å².